The maximum Gasteiger partial charge on any atom is 0.152 e. The van der Waals surface area contributed by atoms with Crippen LogP contribution in [0.5, 0.6) is 11.5 Å². The van der Waals surface area contributed by atoms with Crippen LogP contribution in [0.15, 0.2) is 174 Å². The van der Waals surface area contributed by atoms with Crippen LogP contribution in [0.3, 0.4) is 0 Å². The van der Waals surface area contributed by atoms with Gasteiger partial charge in [-0.25, -0.2) is 0 Å². The van der Waals surface area contributed by atoms with Crippen molar-refractivity contribution in [2.45, 2.75) is 0 Å². The van der Waals surface area contributed by atoms with Gasteiger partial charge in [-0.1, -0.05) is 103 Å². The quantitative estimate of drug-likeness (QED) is 0.192. The van der Waals surface area contributed by atoms with Crippen LogP contribution in [0.4, 0.5) is 17.1 Å². The number of hydrogen-bond donors (Lipinski definition) is 0. The molecule has 0 saturated heterocycles. The van der Waals surface area contributed by atoms with Crippen molar-refractivity contribution in [3.05, 3.63) is 170 Å². The molecule has 10 aromatic rings. The van der Waals surface area contributed by atoms with Gasteiger partial charge in [0, 0.05) is 27.4 Å². The molecule has 3 heterocycles. The van der Waals surface area contributed by atoms with Crippen LogP contribution in [-0.2, 0) is 0 Å². The van der Waals surface area contributed by atoms with Gasteiger partial charge in [0.1, 0.15) is 11.2 Å². The molecule has 8 aromatic carbocycles. The van der Waals surface area contributed by atoms with Crippen molar-refractivity contribution in [2.24, 2.45) is 0 Å². The minimum atomic E-state index is 0.866. The van der Waals surface area contributed by atoms with Gasteiger partial charge in [-0.2, -0.15) is 0 Å². The zero-order valence-electron chi connectivity index (χ0n) is 26.9. The number of para-hydroxylation sites is 5. The van der Waals surface area contributed by atoms with Gasteiger partial charge >= 0.3 is 0 Å². The van der Waals surface area contributed by atoms with Crippen molar-refractivity contribution in [3.63, 3.8) is 0 Å². The summed E-state index contributed by atoms with van der Waals surface area (Å²) in [4.78, 5) is 2.40. The minimum absolute atomic E-state index is 0.866. The molecule has 0 unspecified atom stereocenters. The normalized spacial score (nSPS) is 12.2. The van der Waals surface area contributed by atoms with Crippen LogP contribution in [0.25, 0.3) is 71.3 Å². The molecule has 4 nitrogen and oxygen atoms in total. The molecule has 0 N–H and O–H groups in total. The third kappa shape index (κ3) is 3.87. The van der Waals surface area contributed by atoms with Crippen LogP contribution in [0, 0.1) is 0 Å². The van der Waals surface area contributed by atoms with Gasteiger partial charge in [-0.05, 0) is 83.1 Å². The third-order valence-electron chi connectivity index (χ3n) is 10.1. The fraction of sp³-hybridized carbons (Fsp3) is 0. The van der Waals surface area contributed by atoms with Crippen LogP contribution < -0.4 is 9.64 Å². The van der Waals surface area contributed by atoms with Gasteiger partial charge < -0.3 is 18.6 Å². The number of nitrogens with zero attached hydrogens (tertiary/aromatic N) is 2. The first-order valence-corrected chi connectivity index (χ1v) is 16.9. The van der Waals surface area contributed by atoms with E-state index in [1.165, 1.54) is 21.5 Å². The second-order valence-electron chi connectivity index (χ2n) is 12.9. The number of aromatic nitrogens is 1. The first-order valence-electron chi connectivity index (χ1n) is 16.9. The lowest BCUT2D eigenvalue weighted by molar-refractivity contribution is 0.476. The summed E-state index contributed by atoms with van der Waals surface area (Å²) >= 11 is 0. The molecule has 0 fully saturated rings. The Labute approximate surface area is 287 Å². The number of rotatable bonds is 4. The Morgan fingerprint density at radius 3 is 2.20 bits per heavy atom. The second kappa shape index (κ2) is 10.4. The summed E-state index contributed by atoms with van der Waals surface area (Å²) in [5, 5.41) is 6.95. The first kappa shape index (κ1) is 27.2. The van der Waals surface area contributed by atoms with Crippen LogP contribution in [-0.4, -0.2) is 4.57 Å². The largest absolute Gasteiger partial charge is 0.456 e. The average molecular weight is 641 g/mol. The molecule has 50 heavy (non-hydrogen) atoms. The molecule has 0 amide bonds. The fourth-order valence-corrected chi connectivity index (χ4v) is 7.96. The highest BCUT2D eigenvalue weighted by Gasteiger charge is 2.25. The zero-order chi connectivity index (χ0) is 32.8. The van der Waals surface area contributed by atoms with Crippen LogP contribution >= 0.6 is 0 Å². The van der Waals surface area contributed by atoms with Gasteiger partial charge in [-0.15, -0.1) is 0 Å². The number of fused-ring (bicyclic) bond motifs is 9. The summed E-state index contributed by atoms with van der Waals surface area (Å²) in [6, 6.07) is 60.2. The molecule has 4 heteroatoms. The van der Waals surface area contributed by atoms with E-state index in [0.717, 1.165) is 78.3 Å². The Kier molecular flexibility index (Phi) is 5.63. The monoisotopic (exact) mass is 640 g/mol. The van der Waals surface area contributed by atoms with Crippen molar-refractivity contribution in [2.75, 3.05) is 4.90 Å². The molecular formula is C46H28N2O2. The average Bonchev–Trinajstić information content (AvgIpc) is 3.72. The summed E-state index contributed by atoms with van der Waals surface area (Å²) in [5.74, 6) is 1.74. The van der Waals surface area contributed by atoms with E-state index < -0.39 is 0 Å². The summed E-state index contributed by atoms with van der Waals surface area (Å²) < 4.78 is 15.1. The molecule has 0 saturated carbocycles. The number of benzene rings is 8. The highest BCUT2D eigenvalue weighted by atomic mass is 16.5. The summed E-state index contributed by atoms with van der Waals surface area (Å²) in [6.45, 7) is 0. The molecule has 1 aliphatic heterocycles. The predicted octanol–water partition coefficient (Wildman–Crippen LogP) is 13.1. The Hall–Kier alpha value is -6.78. The van der Waals surface area contributed by atoms with Gasteiger partial charge in [0.15, 0.2) is 11.5 Å². The maximum absolute atomic E-state index is 6.40. The summed E-state index contributed by atoms with van der Waals surface area (Å²) in [7, 11) is 0. The Balaban J connectivity index is 1.18. The fourth-order valence-electron chi connectivity index (χ4n) is 7.96. The Morgan fingerprint density at radius 2 is 1.22 bits per heavy atom. The number of anilines is 3. The van der Waals surface area contributed by atoms with E-state index in [-0.39, 0.29) is 0 Å². The molecule has 0 spiro atoms. The highest BCUT2D eigenvalue weighted by Crippen LogP contribution is 2.49. The van der Waals surface area contributed by atoms with Gasteiger partial charge in [0.25, 0.3) is 0 Å². The topological polar surface area (TPSA) is 30.5 Å². The number of furan rings is 1. The first-order chi connectivity index (χ1) is 24.8. The Morgan fingerprint density at radius 1 is 0.480 bits per heavy atom. The third-order valence-corrected chi connectivity index (χ3v) is 10.1. The molecular weight excluding hydrogens is 613 g/mol. The summed E-state index contributed by atoms with van der Waals surface area (Å²) in [6.07, 6.45) is 0. The van der Waals surface area contributed by atoms with Crippen molar-refractivity contribution in [1.82, 2.24) is 4.57 Å². The van der Waals surface area contributed by atoms with E-state index in [9.17, 15) is 0 Å². The van der Waals surface area contributed by atoms with E-state index in [0.29, 0.717) is 0 Å². The molecule has 0 bridgehead atoms. The maximum atomic E-state index is 6.40. The Bertz CT molecular complexity index is 2990. The smallest absolute Gasteiger partial charge is 0.152 e. The molecule has 11 rings (SSSR count). The zero-order valence-corrected chi connectivity index (χ0v) is 26.9. The molecule has 2 aromatic heterocycles. The highest BCUT2D eigenvalue weighted by molar-refractivity contribution is 6.15. The standard InChI is InChI=1S/C46H28N2O2/c1-2-12-30-27-32(25-23-29(30)11-1)47(40-18-10-21-43-45(40)35-14-4-7-19-41(35)49-43)37-16-5-3-13-33(37)31-24-26-38-36(28-31)34-15-9-22-44-46(34)48(38)39-17-6-8-20-42(39)50-44/h1-28H. The molecule has 0 atom stereocenters. The predicted molar refractivity (Wildman–Crippen MR) is 206 cm³/mol. The van der Waals surface area contributed by atoms with E-state index in [2.05, 4.69) is 155 Å². The van der Waals surface area contributed by atoms with E-state index in [4.69, 9.17) is 9.15 Å². The van der Waals surface area contributed by atoms with Crippen molar-refractivity contribution >= 4 is 71.6 Å². The van der Waals surface area contributed by atoms with E-state index >= 15 is 0 Å². The molecule has 0 aliphatic carbocycles. The SMILES string of the molecule is c1ccc2c(c1)Oc1cccc3c4cc(-c5ccccc5N(c5ccc6ccccc6c5)c5cccc6oc7ccccc7c56)ccc4n-2c13. The van der Waals surface area contributed by atoms with Crippen LogP contribution in [0.2, 0.25) is 0 Å². The minimum Gasteiger partial charge on any atom is -0.456 e. The lowest BCUT2D eigenvalue weighted by Crippen LogP contribution is -2.11. The van der Waals surface area contributed by atoms with E-state index in [1.807, 2.05) is 24.3 Å². The molecule has 1 aliphatic rings. The van der Waals surface area contributed by atoms with Crippen molar-refractivity contribution in [1.29, 1.82) is 0 Å². The number of ether oxygens (including phenoxy) is 1. The van der Waals surface area contributed by atoms with Gasteiger partial charge in [0.05, 0.1) is 33.5 Å². The van der Waals surface area contributed by atoms with Gasteiger partial charge in [-0.3, -0.25) is 0 Å². The van der Waals surface area contributed by atoms with E-state index in [1.54, 1.807) is 0 Å². The van der Waals surface area contributed by atoms with Crippen molar-refractivity contribution < 1.29 is 9.15 Å². The number of hydrogen-bond acceptors (Lipinski definition) is 3. The summed E-state index contributed by atoms with van der Waals surface area (Å²) in [5.41, 5.74) is 10.6. The molecule has 0 radical (unpaired) electrons. The lowest BCUT2D eigenvalue weighted by Gasteiger charge is -2.29. The van der Waals surface area contributed by atoms with Gasteiger partial charge in [0.2, 0.25) is 0 Å². The lowest BCUT2D eigenvalue weighted by atomic mass is 9.98. The van der Waals surface area contributed by atoms with Crippen molar-refractivity contribution in [3.8, 4) is 28.3 Å². The second-order valence-corrected chi connectivity index (χ2v) is 12.9. The molecule has 234 valence electrons. The van der Waals surface area contributed by atoms with Crippen LogP contribution in [0.1, 0.15) is 0 Å².